The lowest BCUT2D eigenvalue weighted by Crippen LogP contribution is -2.28. The summed E-state index contributed by atoms with van der Waals surface area (Å²) in [6.07, 6.45) is -0.151. The molecule has 0 bridgehead atoms. The average molecular weight is 300 g/mol. The van der Waals surface area contributed by atoms with Crippen LogP contribution in [0.5, 0.6) is 0 Å². The van der Waals surface area contributed by atoms with Gasteiger partial charge in [-0.3, -0.25) is 4.79 Å². The van der Waals surface area contributed by atoms with E-state index < -0.39 is 16.0 Å². The van der Waals surface area contributed by atoms with Crippen molar-refractivity contribution in [2.75, 3.05) is 12.4 Å². The third-order valence-electron chi connectivity index (χ3n) is 2.70. The van der Waals surface area contributed by atoms with E-state index in [0.717, 1.165) is 11.1 Å². The van der Waals surface area contributed by atoms with Crippen molar-refractivity contribution in [3.05, 3.63) is 35.4 Å². The molecule has 0 amide bonds. The Morgan fingerprint density at radius 1 is 1.30 bits per heavy atom. The van der Waals surface area contributed by atoms with E-state index in [4.69, 9.17) is 5.73 Å². The summed E-state index contributed by atoms with van der Waals surface area (Å²) in [5.41, 5.74) is 7.30. The third-order valence-corrected chi connectivity index (χ3v) is 4.03. The molecular formula is C13H20N2O4S. The molecule has 20 heavy (non-hydrogen) atoms. The highest BCUT2D eigenvalue weighted by Gasteiger charge is 2.14. The monoisotopic (exact) mass is 300 g/mol. The minimum Gasteiger partial charge on any atom is -0.466 e. The zero-order valence-corrected chi connectivity index (χ0v) is 12.3. The van der Waals surface area contributed by atoms with Crippen molar-refractivity contribution in [1.82, 2.24) is 4.72 Å². The van der Waals surface area contributed by atoms with E-state index in [1.165, 1.54) is 0 Å². The molecule has 112 valence electrons. The quantitative estimate of drug-likeness (QED) is 0.682. The molecule has 1 aromatic carbocycles. The number of ether oxygens (including phenoxy) is 1. The molecule has 6 nitrogen and oxygen atoms in total. The topological polar surface area (TPSA) is 98.5 Å². The average Bonchev–Trinajstić information content (AvgIpc) is 2.44. The van der Waals surface area contributed by atoms with Crippen molar-refractivity contribution in [2.45, 2.75) is 26.4 Å². The van der Waals surface area contributed by atoms with Gasteiger partial charge in [0.25, 0.3) is 0 Å². The first-order valence-electron chi connectivity index (χ1n) is 6.38. The van der Waals surface area contributed by atoms with Crippen LogP contribution in [0.1, 0.15) is 24.5 Å². The van der Waals surface area contributed by atoms with Gasteiger partial charge in [-0.2, -0.15) is 0 Å². The molecule has 0 aliphatic heterocycles. The van der Waals surface area contributed by atoms with E-state index in [1.54, 1.807) is 6.92 Å². The van der Waals surface area contributed by atoms with Gasteiger partial charge in [0.1, 0.15) is 0 Å². The lowest BCUT2D eigenvalue weighted by atomic mass is 10.1. The number of esters is 1. The van der Waals surface area contributed by atoms with E-state index >= 15 is 0 Å². The Balaban J connectivity index is 2.53. The van der Waals surface area contributed by atoms with Gasteiger partial charge in [0.2, 0.25) is 10.0 Å². The molecule has 0 radical (unpaired) electrons. The van der Waals surface area contributed by atoms with Gasteiger partial charge in [0.05, 0.1) is 18.8 Å². The van der Waals surface area contributed by atoms with Gasteiger partial charge in [-0.05, 0) is 18.1 Å². The Kier molecular flexibility index (Phi) is 6.63. The zero-order chi connectivity index (χ0) is 15.0. The van der Waals surface area contributed by atoms with Crippen molar-refractivity contribution in [3.8, 4) is 0 Å². The maximum Gasteiger partial charge on any atom is 0.306 e. The molecule has 0 aromatic heterocycles. The molecule has 7 heteroatoms. The number of benzene rings is 1. The number of nitrogens with two attached hydrogens (primary N) is 1. The SMILES string of the molecule is CCOC(=O)CCS(=O)(=O)NCc1ccccc1CN. The van der Waals surface area contributed by atoms with Crippen LogP contribution in [0.2, 0.25) is 0 Å². The predicted molar refractivity (Wildman–Crippen MR) is 76.2 cm³/mol. The number of rotatable bonds is 8. The lowest BCUT2D eigenvalue weighted by molar-refractivity contribution is -0.142. The maximum atomic E-state index is 11.8. The van der Waals surface area contributed by atoms with Crippen LogP contribution in [0.4, 0.5) is 0 Å². The van der Waals surface area contributed by atoms with E-state index in [1.807, 2.05) is 24.3 Å². The molecule has 1 aromatic rings. The zero-order valence-electron chi connectivity index (χ0n) is 11.5. The fourth-order valence-corrected chi connectivity index (χ4v) is 2.59. The van der Waals surface area contributed by atoms with Gasteiger partial charge < -0.3 is 10.5 Å². The van der Waals surface area contributed by atoms with Gasteiger partial charge in [-0.1, -0.05) is 24.3 Å². The first-order chi connectivity index (χ1) is 9.48. The maximum absolute atomic E-state index is 11.8. The van der Waals surface area contributed by atoms with Crippen molar-refractivity contribution >= 4 is 16.0 Å². The van der Waals surface area contributed by atoms with Crippen LogP contribution in [0.15, 0.2) is 24.3 Å². The highest BCUT2D eigenvalue weighted by Crippen LogP contribution is 2.08. The number of hydrogen-bond donors (Lipinski definition) is 2. The molecule has 3 N–H and O–H groups in total. The second kappa shape index (κ2) is 7.98. The van der Waals surface area contributed by atoms with E-state index in [2.05, 4.69) is 9.46 Å². The Bertz CT molecular complexity index is 543. The Morgan fingerprint density at radius 2 is 1.95 bits per heavy atom. The van der Waals surface area contributed by atoms with E-state index in [9.17, 15) is 13.2 Å². The molecular weight excluding hydrogens is 280 g/mol. The Labute approximate surface area is 119 Å². The fourth-order valence-electron chi connectivity index (χ4n) is 1.64. The number of hydrogen-bond acceptors (Lipinski definition) is 5. The molecule has 0 spiro atoms. The molecule has 0 fully saturated rings. The second-order valence-corrected chi connectivity index (χ2v) is 6.09. The standard InChI is InChI=1S/C13H20N2O4S/c1-2-19-13(16)7-8-20(17,18)15-10-12-6-4-3-5-11(12)9-14/h3-6,15H,2,7-10,14H2,1H3. The molecule has 1 rings (SSSR count). The number of nitrogens with one attached hydrogen (secondary N) is 1. The summed E-state index contributed by atoms with van der Waals surface area (Å²) >= 11 is 0. The van der Waals surface area contributed by atoms with Crippen LogP contribution in [0, 0.1) is 0 Å². The van der Waals surface area contributed by atoms with E-state index in [-0.39, 0.29) is 25.3 Å². The smallest absolute Gasteiger partial charge is 0.306 e. The Hall–Kier alpha value is -1.44. The van der Waals surface area contributed by atoms with Gasteiger partial charge in [-0.15, -0.1) is 0 Å². The second-order valence-electron chi connectivity index (χ2n) is 4.17. The van der Waals surface area contributed by atoms with Crippen molar-refractivity contribution < 1.29 is 17.9 Å². The highest BCUT2D eigenvalue weighted by atomic mass is 32.2. The summed E-state index contributed by atoms with van der Waals surface area (Å²) in [6, 6.07) is 7.33. The predicted octanol–water partition coefficient (Wildman–Crippen LogP) is 0.518. The summed E-state index contributed by atoms with van der Waals surface area (Å²) in [5.74, 6) is -0.795. The van der Waals surface area contributed by atoms with Gasteiger partial charge in [0, 0.05) is 13.1 Å². The van der Waals surface area contributed by atoms with Crippen LogP contribution < -0.4 is 10.5 Å². The first kappa shape index (κ1) is 16.6. The molecule has 0 heterocycles. The van der Waals surface area contributed by atoms with Crippen LogP contribution >= 0.6 is 0 Å². The van der Waals surface area contributed by atoms with Crippen LogP contribution in [-0.2, 0) is 32.6 Å². The minimum atomic E-state index is -3.51. The van der Waals surface area contributed by atoms with Gasteiger partial charge >= 0.3 is 5.97 Å². The lowest BCUT2D eigenvalue weighted by Gasteiger charge is -2.09. The first-order valence-corrected chi connectivity index (χ1v) is 8.03. The number of carbonyl (C=O) groups is 1. The largest absolute Gasteiger partial charge is 0.466 e. The molecule has 0 aliphatic carbocycles. The highest BCUT2D eigenvalue weighted by molar-refractivity contribution is 7.89. The van der Waals surface area contributed by atoms with Gasteiger partial charge in [0.15, 0.2) is 0 Å². The normalized spacial score (nSPS) is 11.3. The molecule has 0 atom stereocenters. The van der Waals surface area contributed by atoms with Gasteiger partial charge in [-0.25, -0.2) is 13.1 Å². The molecule has 0 aliphatic rings. The summed E-state index contributed by atoms with van der Waals surface area (Å²) in [7, 11) is -3.51. The van der Waals surface area contributed by atoms with Crippen molar-refractivity contribution in [1.29, 1.82) is 0 Å². The Morgan fingerprint density at radius 3 is 2.55 bits per heavy atom. The van der Waals surface area contributed by atoms with Crippen LogP contribution in [0.3, 0.4) is 0 Å². The van der Waals surface area contributed by atoms with E-state index in [0.29, 0.717) is 6.54 Å². The summed E-state index contributed by atoms with van der Waals surface area (Å²) < 4.78 is 30.7. The summed E-state index contributed by atoms with van der Waals surface area (Å²) in [5, 5.41) is 0. The molecule has 0 unspecified atom stereocenters. The third kappa shape index (κ3) is 5.68. The summed E-state index contributed by atoms with van der Waals surface area (Å²) in [4.78, 5) is 11.1. The molecule has 0 saturated heterocycles. The van der Waals surface area contributed by atoms with Crippen LogP contribution in [0.25, 0.3) is 0 Å². The van der Waals surface area contributed by atoms with Crippen molar-refractivity contribution in [3.63, 3.8) is 0 Å². The van der Waals surface area contributed by atoms with Crippen LogP contribution in [-0.4, -0.2) is 26.7 Å². The fraction of sp³-hybridized carbons (Fsp3) is 0.462. The number of sulfonamides is 1. The number of carbonyl (C=O) groups excluding carboxylic acids is 1. The summed E-state index contributed by atoms with van der Waals surface area (Å²) in [6.45, 7) is 2.43. The minimum absolute atomic E-state index is 0.151. The molecule has 0 saturated carbocycles. The van der Waals surface area contributed by atoms with Crippen molar-refractivity contribution in [2.24, 2.45) is 5.73 Å².